The Morgan fingerprint density at radius 2 is 1.83 bits per heavy atom. The molecule has 1 heterocycles. The summed E-state index contributed by atoms with van der Waals surface area (Å²) in [4.78, 5) is 4.30. The van der Waals surface area contributed by atoms with Gasteiger partial charge in [-0.25, -0.2) is 0 Å². The van der Waals surface area contributed by atoms with E-state index in [4.69, 9.17) is 9.47 Å². The summed E-state index contributed by atoms with van der Waals surface area (Å²) < 4.78 is 13.1. The molecule has 0 aliphatic carbocycles. The van der Waals surface area contributed by atoms with Gasteiger partial charge in [0.05, 0.1) is 14.2 Å². The van der Waals surface area contributed by atoms with Gasteiger partial charge in [-0.1, -0.05) is 30.3 Å². The lowest BCUT2D eigenvalue weighted by atomic mass is 10.2. The Hall–Kier alpha value is -2.42. The topological polar surface area (TPSA) is 59.8 Å². The lowest BCUT2D eigenvalue weighted by molar-refractivity contribution is 0.351. The quantitative estimate of drug-likeness (QED) is 0.209. The molecule has 0 aliphatic heterocycles. The molecule has 0 saturated carbocycles. The highest BCUT2D eigenvalue weighted by atomic mass is 127. The first-order valence-corrected chi connectivity index (χ1v) is 9.45. The number of guanidine groups is 1. The molecule has 2 N–H and O–H groups in total. The molecule has 0 saturated heterocycles. The molecular formula is C22H29IN4O2. The first-order valence-electron chi connectivity index (χ1n) is 9.45. The van der Waals surface area contributed by atoms with Crippen LogP contribution in [0, 0.1) is 0 Å². The van der Waals surface area contributed by atoms with Crippen molar-refractivity contribution < 1.29 is 9.47 Å². The van der Waals surface area contributed by atoms with Gasteiger partial charge in [0.1, 0.15) is 0 Å². The third-order valence-corrected chi connectivity index (χ3v) is 4.70. The highest BCUT2D eigenvalue weighted by molar-refractivity contribution is 14.0. The molecule has 0 aliphatic rings. The molecule has 156 valence electrons. The molecule has 3 rings (SSSR count). The Labute approximate surface area is 189 Å². The van der Waals surface area contributed by atoms with Crippen LogP contribution in [0.25, 0.3) is 10.9 Å². The molecule has 0 bridgehead atoms. The molecule has 0 spiro atoms. The number of hydrogen-bond acceptors (Lipinski definition) is 3. The van der Waals surface area contributed by atoms with Crippen molar-refractivity contribution in [2.45, 2.75) is 19.5 Å². The molecule has 1 aromatic heterocycles. The number of aliphatic imine (C=N–C) groups is 1. The average Bonchev–Trinajstić information content (AvgIpc) is 3.16. The van der Waals surface area contributed by atoms with Crippen LogP contribution < -0.4 is 20.1 Å². The molecule has 7 heteroatoms. The van der Waals surface area contributed by atoms with Gasteiger partial charge in [0, 0.05) is 44.0 Å². The molecule has 0 fully saturated rings. The van der Waals surface area contributed by atoms with Crippen molar-refractivity contribution >= 4 is 40.8 Å². The summed E-state index contributed by atoms with van der Waals surface area (Å²) in [6.45, 7) is 2.39. The second-order valence-electron chi connectivity index (χ2n) is 6.43. The molecule has 0 amide bonds. The Balaban J connectivity index is 0.00000300. The monoisotopic (exact) mass is 508 g/mol. The summed E-state index contributed by atoms with van der Waals surface area (Å²) in [7, 11) is 5.07. The Bertz CT molecular complexity index is 939. The van der Waals surface area contributed by atoms with Crippen LogP contribution in [0.4, 0.5) is 0 Å². The number of aromatic nitrogens is 1. The maximum Gasteiger partial charge on any atom is 0.191 e. The second-order valence-corrected chi connectivity index (χ2v) is 6.43. The Kier molecular flexibility index (Phi) is 9.11. The van der Waals surface area contributed by atoms with Gasteiger partial charge in [0.25, 0.3) is 0 Å². The van der Waals surface area contributed by atoms with Gasteiger partial charge < -0.3 is 24.7 Å². The van der Waals surface area contributed by atoms with Gasteiger partial charge in [0.15, 0.2) is 17.5 Å². The van der Waals surface area contributed by atoms with E-state index in [9.17, 15) is 0 Å². The van der Waals surface area contributed by atoms with E-state index in [1.54, 1.807) is 21.3 Å². The largest absolute Gasteiger partial charge is 0.493 e. The lowest BCUT2D eigenvalue weighted by Crippen LogP contribution is -2.37. The summed E-state index contributed by atoms with van der Waals surface area (Å²) in [5, 5.41) is 7.98. The molecule has 0 radical (unpaired) electrons. The van der Waals surface area contributed by atoms with E-state index in [0.717, 1.165) is 42.5 Å². The van der Waals surface area contributed by atoms with Crippen LogP contribution in [0.2, 0.25) is 0 Å². The Morgan fingerprint density at radius 3 is 2.59 bits per heavy atom. The predicted octanol–water partition coefficient (Wildman–Crippen LogP) is 4.03. The molecule has 6 nitrogen and oxygen atoms in total. The van der Waals surface area contributed by atoms with Gasteiger partial charge in [0.2, 0.25) is 0 Å². The van der Waals surface area contributed by atoms with Gasteiger partial charge in [-0.2, -0.15) is 0 Å². The van der Waals surface area contributed by atoms with E-state index >= 15 is 0 Å². The minimum absolute atomic E-state index is 0. The number of nitrogens with zero attached hydrogens (tertiary/aromatic N) is 2. The summed E-state index contributed by atoms with van der Waals surface area (Å²) in [6, 6.07) is 16.5. The summed E-state index contributed by atoms with van der Waals surface area (Å²) in [5.41, 5.74) is 2.29. The number of methoxy groups -OCH3 is 2. The summed E-state index contributed by atoms with van der Waals surface area (Å²) in [5.74, 6) is 2.23. The van der Waals surface area contributed by atoms with Gasteiger partial charge in [-0.05, 0) is 30.0 Å². The molecule has 2 aromatic carbocycles. The summed E-state index contributed by atoms with van der Waals surface area (Å²) >= 11 is 0. The van der Waals surface area contributed by atoms with Crippen molar-refractivity contribution in [3.05, 3.63) is 60.3 Å². The first-order chi connectivity index (χ1) is 13.8. The fourth-order valence-electron chi connectivity index (χ4n) is 3.28. The number of fused-ring (bicyclic) bond motifs is 1. The number of aryl methyl sites for hydroxylation is 1. The van der Waals surface area contributed by atoms with Crippen LogP contribution in [0.1, 0.15) is 12.0 Å². The molecule has 0 unspecified atom stereocenters. The highest BCUT2D eigenvalue weighted by Crippen LogP contribution is 2.30. The molecule has 29 heavy (non-hydrogen) atoms. The molecule has 3 aromatic rings. The zero-order valence-corrected chi connectivity index (χ0v) is 19.5. The third kappa shape index (κ3) is 5.79. The van der Waals surface area contributed by atoms with Crippen LogP contribution in [0.3, 0.4) is 0 Å². The average molecular weight is 508 g/mol. The zero-order chi connectivity index (χ0) is 19.8. The maximum atomic E-state index is 5.48. The number of hydrogen-bond donors (Lipinski definition) is 2. The van der Waals surface area contributed by atoms with E-state index in [1.165, 1.54) is 10.9 Å². The maximum absolute atomic E-state index is 5.48. The predicted molar refractivity (Wildman–Crippen MR) is 130 cm³/mol. The smallest absolute Gasteiger partial charge is 0.191 e. The van der Waals surface area contributed by atoms with E-state index in [1.807, 2.05) is 18.2 Å². The second kappa shape index (κ2) is 11.5. The van der Waals surface area contributed by atoms with Crippen molar-refractivity contribution in [1.29, 1.82) is 0 Å². The van der Waals surface area contributed by atoms with Gasteiger partial charge in [-0.3, -0.25) is 4.99 Å². The molecular weight excluding hydrogens is 479 g/mol. The van der Waals surface area contributed by atoms with E-state index in [-0.39, 0.29) is 24.0 Å². The summed E-state index contributed by atoms with van der Waals surface area (Å²) in [6.07, 6.45) is 3.15. The fraction of sp³-hybridized carbons (Fsp3) is 0.318. The minimum Gasteiger partial charge on any atom is -0.493 e. The van der Waals surface area contributed by atoms with Crippen LogP contribution in [-0.2, 0) is 13.1 Å². The lowest BCUT2D eigenvalue weighted by Gasteiger charge is -2.15. The van der Waals surface area contributed by atoms with Crippen LogP contribution in [0.5, 0.6) is 11.5 Å². The van der Waals surface area contributed by atoms with Crippen LogP contribution in [-0.4, -0.2) is 38.3 Å². The van der Waals surface area contributed by atoms with E-state index in [0.29, 0.717) is 6.54 Å². The normalized spacial score (nSPS) is 11.1. The van der Waals surface area contributed by atoms with E-state index in [2.05, 4.69) is 56.7 Å². The third-order valence-electron chi connectivity index (χ3n) is 4.70. The van der Waals surface area contributed by atoms with Crippen molar-refractivity contribution in [3.8, 4) is 11.5 Å². The first kappa shape index (κ1) is 22.9. The number of rotatable bonds is 8. The van der Waals surface area contributed by atoms with Crippen LogP contribution in [0.15, 0.2) is 59.7 Å². The van der Waals surface area contributed by atoms with Crippen molar-refractivity contribution in [1.82, 2.24) is 15.2 Å². The minimum atomic E-state index is 0. The standard InChI is InChI=1S/C22H28N4O2.HI/c1-23-22(25-16-18-9-6-11-20(27-2)21(18)28-3)24-13-7-14-26-15-12-17-8-4-5-10-19(17)26;/h4-6,8-12,15H,7,13-14,16H2,1-3H3,(H2,23,24,25);1H. The van der Waals surface area contributed by atoms with Crippen molar-refractivity contribution in [3.63, 3.8) is 0 Å². The van der Waals surface area contributed by atoms with Gasteiger partial charge in [-0.15, -0.1) is 24.0 Å². The number of nitrogens with one attached hydrogen (secondary N) is 2. The number of ether oxygens (including phenoxy) is 2. The fourth-order valence-corrected chi connectivity index (χ4v) is 3.28. The number of halogens is 1. The van der Waals surface area contributed by atoms with Crippen molar-refractivity contribution in [2.24, 2.45) is 4.99 Å². The van der Waals surface area contributed by atoms with Crippen molar-refractivity contribution in [2.75, 3.05) is 27.8 Å². The zero-order valence-electron chi connectivity index (χ0n) is 17.1. The number of benzene rings is 2. The highest BCUT2D eigenvalue weighted by Gasteiger charge is 2.09. The number of para-hydroxylation sites is 2. The SMILES string of the molecule is CN=C(NCCCn1ccc2ccccc21)NCc1cccc(OC)c1OC.I. The Morgan fingerprint density at radius 1 is 1.00 bits per heavy atom. The molecule has 0 atom stereocenters. The van der Waals surface area contributed by atoms with Gasteiger partial charge >= 0.3 is 0 Å². The van der Waals surface area contributed by atoms with E-state index < -0.39 is 0 Å². The van der Waals surface area contributed by atoms with Crippen LogP contribution >= 0.6 is 24.0 Å².